The van der Waals surface area contributed by atoms with Crippen LogP contribution < -0.4 is 5.32 Å². The van der Waals surface area contributed by atoms with Crippen LogP contribution in [-0.2, 0) is 13.0 Å². The first kappa shape index (κ1) is 11.4. The SMILES string of the molecule is Cc1ccc(-c2nc(C)c3c(n2)CNCC3)cc1. The van der Waals surface area contributed by atoms with E-state index in [4.69, 9.17) is 4.98 Å². The van der Waals surface area contributed by atoms with E-state index in [1.807, 2.05) is 0 Å². The zero-order valence-corrected chi connectivity index (χ0v) is 10.8. The lowest BCUT2D eigenvalue weighted by molar-refractivity contribution is 0.620. The van der Waals surface area contributed by atoms with Gasteiger partial charge in [-0.25, -0.2) is 9.97 Å². The van der Waals surface area contributed by atoms with Crippen LogP contribution in [0.4, 0.5) is 0 Å². The molecule has 0 aliphatic carbocycles. The van der Waals surface area contributed by atoms with Crippen molar-refractivity contribution in [2.45, 2.75) is 26.8 Å². The molecule has 1 aliphatic heterocycles. The van der Waals surface area contributed by atoms with Gasteiger partial charge < -0.3 is 5.32 Å². The Hall–Kier alpha value is -1.74. The van der Waals surface area contributed by atoms with Crippen LogP contribution in [0.15, 0.2) is 24.3 Å². The van der Waals surface area contributed by atoms with Gasteiger partial charge in [-0.3, -0.25) is 0 Å². The molecule has 1 N–H and O–H groups in total. The highest BCUT2D eigenvalue weighted by Crippen LogP contribution is 2.21. The predicted molar refractivity (Wildman–Crippen MR) is 72.4 cm³/mol. The maximum absolute atomic E-state index is 4.70. The molecule has 18 heavy (non-hydrogen) atoms. The summed E-state index contributed by atoms with van der Waals surface area (Å²) in [4.78, 5) is 9.35. The van der Waals surface area contributed by atoms with Crippen molar-refractivity contribution in [1.82, 2.24) is 15.3 Å². The summed E-state index contributed by atoms with van der Waals surface area (Å²) in [6, 6.07) is 8.39. The van der Waals surface area contributed by atoms with Gasteiger partial charge >= 0.3 is 0 Å². The van der Waals surface area contributed by atoms with E-state index in [1.54, 1.807) is 0 Å². The monoisotopic (exact) mass is 239 g/mol. The predicted octanol–water partition coefficient (Wildman–Crippen LogP) is 2.41. The lowest BCUT2D eigenvalue weighted by atomic mass is 10.0. The number of hydrogen-bond donors (Lipinski definition) is 1. The van der Waals surface area contributed by atoms with Gasteiger partial charge in [0.25, 0.3) is 0 Å². The van der Waals surface area contributed by atoms with Crippen LogP contribution in [0, 0.1) is 13.8 Å². The Balaban J connectivity index is 2.08. The summed E-state index contributed by atoms with van der Waals surface area (Å²) in [7, 11) is 0. The Bertz CT molecular complexity index is 573. The molecule has 1 aromatic carbocycles. The molecule has 1 aromatic heterocycles. The number of aromatic nitrogens is 2. The summed E-state index contributed by atoms with van der Waals surface area (Å²) in [5.41, 5.74) is 5.96. The topological polar surface area (TPSA) is 37.8 Å². The molecule has 3 heteroatoms. The van der Waals surface area contributed by atoms with Gasteiger partial charge in [-0.15, -0.1) is 0 Å². The van der Waals surface area contributed by atoms with Gasteiger partial charge in [0.1, 0.15) is 0 Å². The molecule has 0 radical (unpaired) electrons. The molecule has 2 aromatic rings. The van der Waals surface area contributed by atoms with Crippen LogP contribution in [-0.4, -0.2) is 16.5 Å². The van der Waals surface area contributed by atoms with Gasteiger partial charge in [0.05, 0.1) is 5.69 Å². The Morgan fingerprint density at radius 3 is 2.61 bits per heavy atom. The molecule has 3 nitrogen and oxygen atoms in total. The second kappa shape index (κ2) is 4.50. The number of nitrogens with one attached hydrogen (secondary N) is 1. The Morgan fingerprint density at radius 2 is 1.83 bits per heavy atom. The van der Waals surface area contributed by atoms with Crippen molar-refractivity contribution in [3.05, 3.63) is 46.8 Å². The van der Waals surface area contributed by atoms with Gasteiger partial charge in [-0.05, 0) is 32.4 Å². The van der Waals surface area contributed by atoms with Crippen LogP contribution in [0.1, 0.15) is 22.5 Å². The standard InChI is InChI=1S/C15H17N3/c1-10-3-5-12(6-4-10)15-17-11(2)13-7-8-16-9-14(13)18-15/h3-6,16H,7-9H2,1-2H3. The molecular weight excluding hydrogens is 222 g/mol. The number of aryl methyl sites for hydroxylation is 2. The highest BCUT2D eigenvalue weighted by Gasteiger charge is 2.15. The fourth-order valence-corrected chi connectivity index (χ4v) is 2.38. The average Bonchev–Trinajstić information content (AvgIpc) is 2.39. The Kier molecular flexibility index (Phi) is 2.84. The fraction of sp³-hybridized carbons (Fsp3) is 0.333. The normalized spacial score (nSPS) is 14.3. The van der Waals surface area contributed by atoms with Crippen molar-refractivity contribution in [1.29, 1.82) is 0 Å². The van der Waals surface area contributed by atoms with E-state index in [0.29, 0.717) is 0 Å². The molecular formula is C15H17N3. The summed E-state index contributed by atoms with van der Waals surface area (Å²) in [6.07, 6.45) is 1.04. The van der Waals surface area contributed by atoms with Gasteiger partial charge in [0.2, 0.25) is 0 Å². The lowest BCUT2D eigenvalue weighted by Crippen LogP contribution is -2.26. The smallest absolute Gasteiger partial charge is 0.159 e. The van der Waals surface area contributed by atoms with Gasteiger partial charge in [0, 0.05) is 17.8 Å². The Morgan fingerprint density at radius 1 is 1.06 bits per heavy atom. The lowest BCUT2D eigenvalue weighted by Gasteiger charge is -2.18. The first-order valence-electron chi connectivity index (χ1n) is 6.38. The number of hydrogen-bond acceptors (Lipinski definition) is 3. The molecule has 1 aliphatic rings. The summed E-state index contributed by atoms with van der Waals surface area (Å²) >= 11 is 0. The van der Waals surface area contributed by atoms with Crippen LogP contribution in [0.25, 0.3) is 11.4 Å². The average molecular weight is 239 g/mol. The minimum Gasteiger partial charge on any atom is -0.311 e. The van der Waals surface area contributed by atoms with E-state index in [1.165, 1.54) is 11.1 Å². The molecule has 0 unspecified atom stereocenters. The second-order valence-electron chi connectivity index (χ2n) is 4.85. The van der Waals surface area contributed by atoms with Crippen molar-refractivity contribution in [3.63, 3.8) is 0 Å². The van der Waals surface area contributed by atoms with Crippen LogP contribution >= 0.6 is 0 Å². The second-order valence-corrected chi connectivity index (χ2v) is 4.85. The molecule has 0 saturated heterocycles. The molecule has 0 bridgehead atoms. The first-order chi connectivity index (χ1) is 8.74. The molecule has 0 amide bonds. The Labute approximate surface area is 107 Å². The van der Waals surface area contributed by atoms with E-state index in [9.17, 15) is 0 Å². The molecule has 0 fully saturated rings. The first-order valence-corrected chi connectivity index (χ1v) is 6.38. The van der Waals surface area contributed by atoms with Crippen molar-refractivity contribution < 1.29 is 0 Å². The highest BCUT2D eigenvalue weighted by molar-refractivity contribution is 5.56. The van der Waals surface area contributed by atoms with Crippen LogP contribution in [0.5, 0.6) is 0 Å². The molecule has 3 rings (SSSR count). The quantitative estimate of drug-likeness (QED) is 0.830. The van der Waals surface area contributed by atoms with E-state index >= 15 is 0 Å². The fourth-order valence-electron chi connectivity index (χ4n) is 2.38. The van der Waals surface area contributed by atoms with E-state index in [-0.39, 0.29) is 0 Å². The number of fused-ring (bicyclic) bond motifs is 1. The summed E-state index contributed by atoms with van der Waals surface area (Å²) < 4.78 is 0. The van der Waals surface area contributed by atoms with Crippen molar-refractivity contribution >= 4 is 0 Å². The third-order valence-corrected chi connectivity index (χ3v) is 3.45. The van der Waals surface area contributed by atoms with E-state index in [2.05, 4.69) is 48.4 Å². The zero-order chi connectivity index (χ0) is 12.5. The van der Waals surface area contributed by atoms with E-state index < -0.39 is 0 Å². The molecule has 92 valence electrons. The third-order valence-electron chi connectivity index (χ3n) is 3.45. The van der Waals surface area contributed by atoms with Gasteiger partial charge in [-0.2, -0.15) is 0 Å². The summed E-state index contributed by atoms with van der Waals surface area (Å²) in [6.45, 7) is 6.06. The number of rotatable bonds is 1. The van der Waals surface area contributed by atoms with Crippen LogP contribution in [0.2, 0.25) is 0 Å². The van der Waals surface area contributed by atoms with Crippen LogP contribution in [0.3, 0.4) is 0 Å². The van der Waals surface area contributed by atoms with Crippen molar-refractivity contribution in [3.8, 4) is 11.4 Å². The summed E-state index contributed by atoms with van der Waals surface area (Å²) in [5, 5.41) is 3.37. The molecule has 2 heterocycles. The zero-order valence-electron chi connectivity index (χ0n) is 10.8. The largest absolute Gasteiger partial charge is 0.311 e. The van der Waals surface area contributed by atoms with Crippen molar-refractivity contribution in [2.24, 2.45) is 0 Å². The highest BCUT2D eigenvalue weighted by atomic mass is 15.0. The molecule has 0 spiro atoms. The van der Waals surface area contributed by atoms with Crippen molar-refractivity contribution in [2.75, 3.05) is 6.54 Å². The molecule has 0 saturated carbocycles. The van der Waals surface area contributed by atoms with Gasteiger partial charge in [0.15, 0.2) is 5.82 Å². The number of benzene rings is 1. The maximum Gasteiger partial charge on any atom is 0.159 e. The maximum atomic E-state index is 4.70. The van der Waals surface area contributed by atoms with E-state index in [0.717, 1.165) is 42.3 Å². The molecule has 0 atom stereocenters. The van der Waals surface area contributed by atoms with Gasteiger partial charge in [-0.1, -0.05) is 29.8 Å². The third kappa shape index (κ3) is 2.02. The minimum atomic E-state index is 0.843. The summed E-state index contributed by atoms with van der Waals surface area (Å²) in [5.74, 6) is 0.843. The minimum absolute atomic E-state index is 0.843. The number of nitrogens with zero attached hydrogens (tertiary/aromatic N) is 2.